The molecule has 22 heavy (non-hydrogen) atoms. The quantitative estimate of drug-likeness (QED) is 0.613. The highest BCUT2D eigenvalue weighted by atomic mass is 16.1. The van der Waals surface area contributed by atoms with Crippen LogP contribution in [-0.4, -0.2) is 14.5 Å². The zero-order chi connectivity index (χ0) is 15.1. The average molecular weight is 289 g/mol. The van der Waals surface area contributed by atoms with E-state index in [1.807, 2.05) is 54.7 Å². The summed E-state index contributed by atoms with van der Waals surface area (Å²) in [5, 5.41) is 1.61. The number of rotatable bonds is 2. The van der Waals surface area contributed by atoms with Gasteiger partial charge in [0.05, 0.1) is 10.9 Å². The number of hydrogen-bond donors (Lipinski definition) is 1. The molecular weight excluding hydrogens is 274 g/mol. The van der Waals surface area contributed by atoms with E-state index >= 15 is 0 Å². The summed E-state index contributed by atoms with van der Waals surface area (Å²) in [6, 6.07) is 15.6. The second kappa shape index (κ2) is 4.84. The monoisotopic (exact) mass is 289 g/mol. The first kappa shape index (κ1) is 12.8. The van der Waals surface area contributed by atoms with Crippen molar-refractivity contribution in [3.63, 3.8) is 0 Å². The van der Waals surface area contributed by atoms with Gasteiger partial charge in [-0.25, -0.2) is 4.98 Å². The van der Waals surface area contributed by atoms with E-state index < -0.39 is 0 Å². The Morgan fingerprint density at radius 1 is 1.09 bits per heavy atom. The van der Waals surface area contributed by atoms with Gasteiger partial charge < -0.3 is 9.55 Å². The number of hydrogen-bond acceptors (Lipinski definition) is 2. The highest BCUT2D eigenvalue weighted by Gasteiger charge is 2.11. The van der Waals surface area contributed by atoms with E-state index in [-0.39, 0.29) is 5.56 Å². The van der Waals surface area contributed by atoms with Crippen LogP contribution in [0.5, 0.6) is 0 Å². The van der Waals surface area contributed by atoms with Crippen LogP contribution in [0.1, 0.15) is 6.92 Å². The lowest BCUT2D eigenvalue weighted by atomic mass is 10.1. The number of H-pyrrole nitrogens is 1. The summed E-state index contributed by atoms with van der Waals surface area (Å²) >= 11 is 0. The first-order valence-corrected chi connectivity index (χ1v) is 7.35. The van der Waals surface area contributed by atoms with Gasteiger partial charge in [-0.2, -0.15) is 0 Å². The van der Waals surface area contributed by atoms with Gasteiger partial charge in [0.25, 0.3) is 5.56 Å². The highest BCUT2D eigenvalue weighted by molar-refractivity contribution is 6.05. The maximum Gasteiger partial charge on any atom is 0.259 e. The van der Waals surface area contributed by atoms with E-state index in [4.69, 9.17) is 0 Å². The van der Waals surface area contributed by atoms with E-state index in [1.165, 1.54) is 0 Å². The maximum absolute atomic E-state index is 12.6. The second-order valence-corrected chi connectivity index (χ2v) is 5.27. The van der Waals surface area contributed by atoms with Gasteiger partial charge in [-0.1, -0.05) is 30.3 Å². The molecule has 4 heteroatoms. The Labute approximate surface area is 127 Å². The lowest BCUT2D eigenvalue weighted by molar-refractivity contribution is 0.798. The van der Waals surface area contributed by atoms with Crippen LogP contribution in [0.2, 0.25) is 0 Å². The molecule has 0 fully saturated rings. The molecule has 4 nitrogen and oxygen atoms in total. The maximum atomic E-state index is 12.6. The van der Waals surface area contributed by atoms with Crippen molar-refractivity contribution in [2.45, 2.75) is 13.5 Å². The molecule has 0 atom stereocenters. The molecule has 4 aromatic rings. The number of nitrogens with zero attached hydrogens (tertiary/aromatic N) is 2. The van der Waals surface area contributed by atoms with Gasteiger partial charge in [0, 0.05) is 29.2 Å². The van der Waals surface area contributed by atoms with Crippen LogP contribution < -0.4 is 5.56 Å². The van der Waals surface area contributed by atoms with Crippen LogP contribution in [0.4, 0.5) is 0 Å². The van der Waals surface area contributed by atoms with E-state index in [2.05, 4.69) is 21.5 Å². The van der Waals surface area contributed by atoms with Crippen LogP contribution in [0.25, 0.3) is 33.2 Å². The predicted octanol–water partition coefficient (Wildman–Crippen LogP) is 3.56. The van der Waals surface area contributed by atoms with Crippen molar-refractivity contribution in [3.05, 3.63) is 65.1 Å². The molecule has 2 aromatic heterocycles. The van der Waals surface area contributed by atoms with Crippen LogP contribution >= 0.6 is 0 Å². The Hall–Kier alpha value is -2.88. The summed E-state index contributed by atoms with van der Waals surface area (Å²) in [5.74, 6) is 0.604. The molecule has 0 amide bonds. The molecule has 0 aliphatic carbocycles. The minimum atomic E-state index is -0.0942. The largest absolute Gasteiger partial charge is 0.348 e. The van der Waals surface area contributed by atoms with E-state index in [0.717, 1.165) is 28.5 Å². The molecule has 108 valence electrons. The summed E-state index contributed by atoms with van der Waals surface area (Å²) < 4.78 is 2.12. The molecule has 0 saturated heterocycles. The van der Waals surface area contributed by atoms with E-state index in [9.17, 15) is 4.79 Å². The molecular formula is C18H15N3O. The fourth-order valence-electron chi connectivity index (χ4n) is 2.92. The lowest BCUT2D eigenvalue weighted by Gasteiger charge is -2.05. The fourth-order valence-corrected chi connectivity index (χ4v) is 2.92. The number of aromatic amines is 1. The number of fused-ring (bicyclic) bond motifs is 3. The van der Waals surface area contributed by atoms with Gasteiger partial charge in [-0.3, -0.25) is 4.79 Å². The fraction of sp³-hybridized carbons (Fsp3) is 0.111. The molecule has 0 saturated carbocycles. The normalized spacial score (nSPS) is 11.3. The summed E-state index contributed by atoms with van der Waals surface area (Å²) in [6.07, 6.45) is 2.01. The van der Waals surface area contributed by atoms with Crippen molar-refractivity contribution in [1.82, 2.24) is 14.5 Å². The Bertz CT molecular complexity index is 1030. The molecule has 0 unspecified atom stereocenters. The summed E-state index contributed by atoms with van der Waals surface area (Å²) in [6.45, 7) is 2.97. The molecule has 1 N–H and O–H groups in total. The van der Waals surface area contributed by atoms with Gasteiger partial charge in [-0.15, -0.1) is 0 Å². The molecule has 0 radical (unpaired) electrons. The molecule has 2 aromatic carbocycles. The van der Waals surface area contributed by atoms with Crippen molar-refractivity contribution in [1.29, 1.82) is 0 Å². The standard InChI is InChI=1S/C18H15N3O/c1-2-21-11-10-13-15(21)9-8-14-16(13)18(22)20-17(19-14)12-6-4-3-5-7-12/h3-11H,2H2,1H3,(H,19,20,22). The number of benzene rings is 2. The molecule has 4 rings (SSSR count). The smallest absolute Gasteiger partial charge is 0.259 e. The Balaban J connectivity index is 2.05. The zero-order valence-electron chi connectivity index (χ0n) is 12.2. The number of nitrogens with one attached hydrogen (secondary N) is 1. The molecule has 0 bridgehead atoms. The van der Waals surface area contributed by atoms with Crippen molar-refractivity contribution >= 4 is 21.8 Å². The molecule has 0 spiro atoms. The van der Waals surface area contributed by atoms with Crippen molar-refractivity contribution in [2.75, 3.05) is 0 Å². The SMILES string of the molecule is CCn1ccc2c3c(=O)[nH]c(-c4ccccc4)nc3ccc21. The third-order valence-corrected chi connectivity index (χ3v) is 4.01. The van der Waals surface area contributed by atoms with Crippen LogP contribution in [0.15, 0.2) is 59.5 Å². The zero-order valence-corrected chi connectivity index (χ0v) is 12.2. The minimum absolute atomic E-state index is 0.0942. The van der Waals surface area contributed by atoms with Gasteiger partial charge in [0.2, 0.25) is 0 Å². The highest BCUT2D eigenvalue weighted by Crippen LogP contribution is 2.24. The predicted molar refractivity (Wildman–Crippen MR) is 89.0 cm³/mol. The van der Waals surface area contributed by atoms with Gasteiger partial charge >= 0.3 is 0 Å². The Morgan fingerprint density at radius 3 is 2.68 bits per heavy atom. The lowest BCUT2D eigenvalue weighted by Crippen LogP contribution is -2.10. The van der Waals surface area contributed by atoms with Crippen molar-refractivity contribution in [2.24, 2.45) is 0 Å². The first-order valence-electron chi connectivity index (χ1n) is 7.35. The Kier molecular flexibility index (Phi) is 2.82. The number of aryl methyl sites for hydroxylation is 1. The van der Waals surface area contributed by atoms with E-state index in [0.29, 0.717) is 11.2 Å². The Morgan fingerprint density at radius 2 is 1.91 bits per heavy atom. The summed E-state index contributed by atoms with van der Waals surface area (Å²) in [4.78, 5) is 20.1. The third-order valence-electron chi connectivity index (χ3n) is 4.01. The van der Waals surface area contributed by atoms with Crippen LogP contribution in [0.3, 0.4) is 0 Å². The van der Waals surface area contributed by atoms with Crippen molar-refractivity contribution in [3.8, 4) is 11.4 Å². The van der Waals surface area contributed by atoms with Crippen molar-refractivity contribution < 1.29 is 0 Å². The van der Waals surface area contributed by atoms with E-state index in [1.54, 1.807) is 0 Å². The second-order valence-electron chi connectivity index (χ2n) is 5.27. The average Bonchev–Trinajstić information content (AvgIpc) is 2.98. The van der Waals surface area contributed by atoms with Gasteiger partial charge in [0.15, 0.2) is 0 Å². The number of aromatic nitrogens is 3. The molecule has 2 heterocycles. The van der Waals surface area contributed by atoms with Gasteiger partial charge in [0.1, 0.15) is 5.82 Å². The molecule has 0 aliphatic rings. The van der Waals surface area contributed by atoms with Gasteiger partial charge in [-0.05, 0) is 25.1 Å². The third kappa shape index (κ3) is 1.84. The summed E-state index contributed by atoms with van der Waals surface area (Å²) in [5.41, 5.74) is 2.61. The summed E-state index contributed by atoms with van der Waals surface area (Å²) in [7, 11) is 0. The topological polar surface area (TPSA) is 50.7 Å². The minimum Gasteiger partial charge on any atom is -0.348 e. The van der Waals surface area contributed by atoms with Crippen LogP contribution in [-0.2, 0) is 6.54 Å². The van der Waals surface area contributed by atoms with Crippen LogP contribution in [0, 0.1) is 0 Å². The first-order chi connectivity index (χ1) is 10.8. The molecule has 0 aliphatic heterocycles.